The lowest BCUT2D eigenvalue weighted by Crippen LogP contribution is -2.54. The molecule has 194 valence electrons. The number of rotatable bonds is 8. The topological polar surface area (TPSA) is 43.4 Å². The molecular weight excluding hydrogens is 420 g/mol. The lowest BCUT2D eigenvalue weighted by atomic mass is 9.44. The van der Waals surface area contributed by atoms with Crippen LogP contribution >= 0.6 is 0 Å². The zero-order valence-electron chi connectivity index (χ0n) is 23.0. The first-order valence-corrected chi connectivity index (χ1v) is 14.7. The number of ketones is 1. The lowest BCUT2D eigenvalue weighted by molar-refractivity contribution is -0.163. The van der Waals surface area contributed by atoms with Crippen LogP contribution in [0, 0.1) is 52.3 Å². The van der Waals surface area contributed by atoms with E-state index in [4.69, 9.17) is 4.74 Å². The molecule has 4 saturated carbocycles. The summed E-state index contributed by atoms with van der Waals surface area (Å²) in [5.41, 5.74) is 0.968. The summed E-state index contributed by atoms with van der Waals surface area (Å²) in [4.78, 5) is 23.4. The van der Waals surface area contributed by atoms with Crippen LogP contribution < -0.4 is 0 Å². The van der Waals surface area contributed by atoms with Crippen LogP contribution in [0.1, 0.15) is 125 Å². The van der Waals surface area contributed by atoms with Crippen molar-refractivity contribution in [3.05, 3.63) is 0 Å². The zero-order valence-corrected chi connectivity index (χ0v) is 23.0. The second-order valence-corrected chi connectivity index (χ2v) is 14.0. The van der Waals surface area contributed by atoms with Crippen molar-refractivity contribution in [2.45, 2.75) is 131 Å². The summed E-state index contributed by atoms with van der Waals surface area (Å²) in [6.45, 7) is 14.0. The molecule has 0 spiro atoms. The first-order chi connectivity index (χ1) is 16.0. The van der Waals surface area contributed by atoms with E-state index in [0.29, 0.717) is 16.7 Å². The second-order valence-electron chi connectivity index (χ2n) is 14.0. The standard InChI is InChI=1S/C31H52O3/c1-20(2)8-7-9-21(3)26-12-13-27-25-11-10-23-19-24(34-29(33)18-22(4)32)14-16-30(23,5)28(25)15-17-31(26,27)6/h20-21,23-28H,7-19H2,1-6H3/t21-,23-,24+,25+,26-,27+,28+,30+,31-/m1/s1. The van der Waals surface area contributed by atoms with Gasteiger partial charge in [0.2, 0.25) is 0 Å². The van der Waals surface area contributed by atoms with E-state index in [-0.39, 0.29) is 24.3 Å². The molecule has 4 aliphatic rings. The monoisotopic (exact) mass is 472 g/mol. The summed E-state index contributed by atoms with van der Waals surface area (Å²) in [7, 11) is 0. The molecule has 0 radical (unpaired) electrons. The fourth-order valence-electron chi connectivity index (χ4n) is 9.78. The SMILES string of the molecule is CC(=O)CC(=O)O[C@H]1CC[C@@]2(C)[C@H](CC[C@@H]3[C@@H]2CC[C@]2(C)[C@@H]([C@H](C)CCCC(C)C)CC[C@@H]32)C1. The van der Waals surface area contributed by atoms with Gasteiger partial charge in [-0.15, -0.1) is 0 Å². The Hall–Kier alpha value is -0.860. The highest BCUT2D eigenvalue weighted by molar-refractivity contribution is 5.94. The number of fused-ring (bicyclic) bond motifs is 5. The second kappa shape index (κ2) is 10.3. The Morgan fingerprint density at radius 2 is 1.59 bits per heavy atom. The van der Waals surface area contributed by atoms with Gasteiger partial charge >= 0.3 is 5.97 Å². The van der Waals surface area contributed by atoms with Gasteiger partial charge in [0.25, 0.3) is 0 Å². The highest BCUT2D eigenvalue weighted by Crippen LogP contribution is 2.68. The van der Waals surface area contributed by atoms with Gasteiger partial charge in [-0.2, -0.15) is 0 Å². The maximum Gasteiger partial charge on any atom is 0.313 e. The fraction of sp³-hybridized carbons (Fsp3) is 0.935. The minimum absolute atomic E-state index is 0.0258. The summed E-state index contributed by atoms with van der Waals surface area (Å²) in [6, 6.07) is 0. The van der Waals surface area contributed by atoms with Crippen LogP contribution in [-0.2, 0) is 14.3 Å². The van der Waals surface area contributed by atoms with Gasteiger partial charge in [-0.05, 0) is 117 Å². The van der Waals surface area contributed by atoms with E-state index in [0.717, 1.165) is 48.3 Å². The van der Waals surface area contributed by atoms with Gasteiger partial charge in [0.05, 0.1) is 0 Å². The predicted octanol–water partition coefficient (Wildman–Crippen LogP) is 8.00. The Bertz CT molecular complexity index is 743. The number of hydrogen-bond donors (Lipinski definition) is 0. The molecule has 0 saturated heterocycles. The summed E-state index contributed by atoms with van der Waals surface area (Å²) < 4.78 is 5.75. The Balaban J connectivity index is 1.39. The molecular formula is C31H52O3. The van der Waals surface area contributed by atoms with Crippen LogP contribution in [0.25, 0.3) is 0 Å². The van der Waals surface area contributed by atoms with Crippen molar-refractivity contribution in [2.24, 2.45) is 52.3 Å². The van der Waals surface area contributed by atoms with E-state index >= 15 is 0 Å². The molecule has 0 aromatic carbocycles. The molecule has 0 unspecified atom stereocenters. The normalized spacial score (nSPS) is 42.4. The molecule has 4 rings (SSSR count). The summed E-state index contributed by atoms with van der Waals surface area (Å²) in [6.07, 6.45) is 15.8. The van der Waals surface area contributed by atoms with Gasteiger partial charge in [0, 0.05) is 0 Å². The third-order valence-corrected chi connectivity index (χ3v) is 11.5. The first kappa shape index (κ1) is 26.2. The first-order valence-electron chi connectivity index (χ1n) is 14.7. The molecule has 0 aromatic heterocycles. The molecule has 0 amide bonds. The minimum atomic E-state index is -0.317. The molecule has 4 fully saturated rings. The summed E-state index contributed by atoms with van der Waals surface area (Å²) in [5, 5.41) is 0. The van der Waals surface area contributed by atoms with E-state index in [1.165, 1.54) is 71.1 Å². The average Bonchev–Trinajstić information content (AvgIpc) is 3.10. The van der Waals surface area contributed by atoms with E-state index in [2.05, 4.69) is 34.6 Å². The van der Waals surface area contributed by atoms with E-state index in [9.17, 15) is 9.59 Å². The molecule has 4 aliphatic carbocycles. The molecule has 3 nitrogen and oxygen atoms in total. The number of esters is 1. The summed E-state index contributed by atoms with van der Waals surface area (Å²) in [5.74, 6) is 5.58. The van der Waals surface area contributed by atoms with Gasteiger partial charge < -0.3 is 4.74 Å². The smallest absolute Gasteiger partial charge is 0.313 e. The van der Waals surface area contributed by atoms with Gasteiger partial charge in [-0.3, -0.25) is 9.59 Å². The minimum Gasteiger partial charge on any atom is -0.462 e. The Morgan fingerprint density at radius 1 is 0.882 bits per heavy atom. The molecule has 0 aromatic rings. The third-order valence-electron chi connectivity index (χ3n) is 11.5. The van der Waals surface area contributed by atoms with Crippen LogP contribution in [0.4, 0.5) is 0 Å². The van der Waals surface area contributed by atoms with Crippen molar-refractivity contribution >= 4 is 11.8 Å². The van der Waals surface area contributed by atoms with Crippen LogP contribution in [0.15, 0.2) is 0 Å². The molecule has 9 atom stereocenters. The lowest BCUT2D eigenvalue weighted by Gasteiger charge is -2.61. The quantitative estimate of drug-likeness (QED) is 0.265. The molecule has 3 heteroatoms. The van der Waals surface area contributed by atoms with Crippen LogP contribution in [0.2, 0.25) is 0 Å². The highest BCUT2D eigenvalue weighted by atomic mass is 16.5. The number of Topliss-reactive ketones (excluding diaryl/α,β-unsaturated/α-hetero) is 1. The van der Waals surface area contributed by atoms with Crippen molar-refractivity contribution in [3.8, 4) is 0 Å². The van der Waals surface area contributed by atoms with Gasteiger partial charge in [0.15, 0.2) is 0 Å². The molecule has 34 heavy (non-hydrogen) atoms. The van der Waals surface area contributed by atoms with Gasteiger partial charge in [0.1, 0.15) is 18.3 Å². The van der Waals surface area contributed by atoms with Crippen molar-refractivity contribution < 1.29 is 14.3 Å². The number of ether oxygens (including phenoxy) is 1. The number of hydrogen-bond acceptors (Lipinski definition) is 3. The third kappa shape index (κ3) is 5.01. The zero-order chi connectivity index (χ0) is 24.7. The van der Waals surface area contributed by atoms with Gasteiger partial charge in [-0.1, -0.05) is 53.9 Å². The van der Waals surface area contributed by atoms with Crippen molar-refractivity contribution in [3.63, 3.8) is 0 Å². The van der Waals surface area contributed by atoms with Crippen LogP contribution in [0.5, 0.6) is 0 Å². The Morgan fingerprint density at radius 3 is 2.29 bits per heavy atom. The number of carbonyl (C=O) groups excluding carboxylic acids is 2. The van der Waals surface area contributed by atoms with Crippen molar-refractivity contribution in [1.29, 1.82) is 0 Å². The molecule has 0 aliphatic heterocycles. The largest absolute Gasteiger partial charge is 0.462 e. The fourth-order valence-corrected chi connectivity index (χ4v) is 9.78. The number of carbonyl (C=O) groups is 2. The van der Waals surface area contributed by atoms with E-state index < -0.39 is 0 Å². The summed E-state index contributed by atoms with van der Waals surface area (Å²) >= 11 is 0. The Labute approximate surface area is 209 Å². The molecule has 0 N–H and O–H groups in total. The highest BCUT2D eigenvalue weighted by Gasteiger charge is 2.60. The predicted molar refractivity (Wildman–Crippen MR) is 138 cm³/mol. The average molecular weight is 473 g/mol. The molecule has 0 heterocycles. The Kier molecular flexibility index (Phi) is 7.90. The van der Waals surface area contributed by atoms with Crippen LogP contribution in [0.3, 0.4) is 0 Å². The van der Waals surface area contributed by atoms with Crippen molar-refractivity contribution in [1.82, 2.24) is 0 Å². The molecule has 0 bridgehead atoms. The van der Waals surface area contributed by atoms with Crippen LogP contribution in [-0.4, -0.2) is 17.9 Å². The van der Waals surface area contributed by atoms with Crippen molar-refractivity contribution in [2.75, 3.05) is 0 Å². The van der Waals surface area contributed by atoms with E-state index in [1.54, 1.807) is 0 Å². The maximum atomic E-state index is 12.1. The maximum absolute atomic E-state index is 12.1. The van der Waals surface area contributed by atoms with E-state index in [1.807, 2.05) is 0 Å². The van der Waals surface area contributed by atoms with Gasteiger partial charge in [-0.25, -0.2) is 0 Å².